The minimum Gasteiger partial charge on any atom is -0.478 e. The Bertz CT molecular complexity index is 878. The van der Waals surface area contributed by atoms with E-state index in [9.17, 15) is 27.9 Å². The van der Waals surface area contributed by atoms with Gasteiger partial charge in [0.15, 0.2) is 0 Å². The molecule has 0 aliphatic carbocycles. The molecule has 1 aromatic heterocycles. The standard InChI is InChI=1S/C13H13N3O3.C2HF3O2/c1-2-7-4-3-5-8(12(18)19)11(7)9-6-10(17)16-13(14)15-9;3-2(4,5)1(6)7/h3-6H,2H2,1H3,(H,18,19)(H3,14,15,16,17);(H,6,7). The number of aliphatic carboxylic acids is 1. The van der Waals surface area contributed by atoms with Crippen LogP contribution in [0.4, 0.5) is 19.1 Å². The van der Waals surface area contributed by atoms with Crippen LogP contribution in [0.1, 0.15) is 22.8 Å². The Morgan fingerprint density at radius 2 is 1.85 bits per heavy atom. The van der Waals surface area contributed by atoms with Gasteiger partial charge in [-0.25, -0.2) is 14.6 Å². The first-order chi connectivity index (χ1) is 12.0. The maximum absolute atomic E-state index is 11.4. The average Bonchev–Trinajstić information content (AvgIpc) is 2.52. The van der Waals surface area contributed by atoms with Crippen LogP contribution in [0.2, 0.25) is 0 Å². The van der Waals surface area contributed by atoms with Crippen molar-refractivity contribution < 1.29 is 33.0 Å². The fourth-order valence-corrected chi connectivity index (χ4v) is 1.98. The Morgan fingerprint density at radius 1 is 1.27 bits per heavy atom. The Morgan fingerprint density at radius 3 is 2.27 bits per heavy atom. The number of H-pyrrole nitrogens is 1. The summed E-state index contributed by atoms with van der Waals surface area (Å²) in [6, 6.07) is 6.20. The van der Waals surface area contributed by atoms with Crippen molar-refractivity contribution in [1.82, 2.24) is 9.97 Å². The molecule has 2 rings (SSSR count). The zero-order valence-corrected chi connectivity index (χ0v) is 13.3. The largest absolute Gasteiger partial charge is 0.490 e. The third kappa shape index (κ3) is 5.33. The van der Waals surface area contributed by atoms with Crippen molar-refractivity contribution in [2.45, 2.75) is 19.5 Å². The zero-order chi connectivity index (χ0) is 20.1. The number of anilines is 1. The summed E-state index contributed by atoms with van der Waals surface area (Å²) in [4.78, 5) is 38.0. The van der Waals surface area contributed by atoms with Gasteiger partial charge in [0.25, 0.3) is 5.56 Å². The molecule has 0 saturated heterocycles. The van der Waals surface area contributed by atoms with Gasteiger partial charge < -0.3 is 15.9 Å². The molecule has 5 N–H and O–H groups in total. The second kappa shape index (κ2) is 8.14. The Labute approximate surface area is 144 Å². The molecule has 140 valence electrons. The van der Waals surface area contributed by atoms with Crippen molar-refractivity contribution in [3.05, 3.63) is 45.7 Å². The summed E-state index contributed by atoms with van der Waals surface area (Å²) in [5.41, 5.74) is 6.71. The fraction of sp³-hybridized carbons (Fsp3) is 0.200. The number of halogens is 3. The molecule has 11 heteroatoms. The normalized spacial score (nSPS) is 10.6. The molecule has 2 aromatic rings. The first-order valence-electron chi connectivity index (χ1n) is 6.99. The van der Waals surface area contributed by atoms with Crippen LogP contribution in [0, 0.1) is 0 Å². The Balaban J connectivity index is 0.000000412. The number of carbonyl (C=O) groups is 2. The SMILES string of the molecule is CCc1cccc(C(=O)O)c1-c1cc(=O)[nH]c(N)n1.O=C(O)C(F)(F)F. The van der Waals surface area contributed by atoms with E-state index in [0.29, 0.717) is 12.0 Å². The summed E-state index contributed by atoms with van der Waals surface area (Å²) in [5.74, 6) is -3.86. The number of nitrogens with two attached hydrogens (primary N) is 1. The van der Waals surface area contributed by atoms with Gasteiger partial charge in [-0.1, -0.05) is 19.1 Å². The van der Waals surface area contributed by atoms with Gasteiger partial charge in [-0.15, -0.1) is 0 Å². The predicted molar refractivity (Wildman–Crippen MR) is 84.7 cm³/mol. The molecule has 0 unspecified atom stereocenters. The number of rotatable bonds is 3. The van der Waals surface area contributed by atoms with E-state index in [2.05, 4.69) is 9.97 Å². The molecular formula is C15H14F3N3O5. The van der Waals surface area contributed by atoms with E-state index < -0.39 is 23.7 Å². The molecule has 0 aliphatic rings. The van der Waals surface area contributed by atoms with Crippen LogP contribution in [0.25, 0.3) is 11.3 Å². The molecule has 0 spiro atoms. The number of nitrogen functional groups attached to an aromatic ring is 1. The van der Waals surface area contributed by atoms with Crippen LogP contribution in [0.5, 0.6) is 0 Å². The first-order valence-corrected chi connectivity index (χ1v) is 6.99. The van der Waals surface area contributed by atoms with E-state index in [1.165, 1.54) is 12.1 Å². The van der Waals surface area contributed by atoms with Crippen LogP contribution < -0.4 is 11.3 Å². The van der Waals surface area contributed by atoms with E-state index in [-0.39, 0.29) is 17.2 Å². The second-order valence-corrected chi connectivity index (χ2v) is 4.82. The number of aromatic amines is 1. The average molecular weight is 373 g/mol. The summed E-state index contributed by atoms with van der Waals surface area (Å²) in [6.07, 6.45) is -4.45. The lowest BCUT2D eigenvalue weighted by molar-refractivity contribution is -0.192. The van der Waals surface area contributed by atoms with Gasteiger partial charge in [-0.3, -0.25) is 9.78 Å². The summed E-state index contributed by atoms with van der Waals surface area (Å²) in [6.45, 7) is 1.90. The molecule has 0 saturated carbocycles. The number of aromatic carboxylic acids is 1. The Kier molecular flexibility index (Phi) is 6.47. The summed E-state index contributed by atoms with van der Waals surface area (Å²) >= 11 is 0. The van der Waals surface area contributed by atoms with E-state index in [1.807, 2.05) is 6.92 Å². The number of benzene rings is 1. The molecule has 26 heavy (non-hydrogen) atoms. The number of aromatic nitrogens is 2. The molecule has 8 nitrogen and oxygen atoms in total. The van der Waals surface area contributed by atoms with Gasteiger partial charge in [0.1, 0.15) is 0 Å². The van der Waals surface area contributed by atoms with Crippen molar-refractivity contribution in [1.29, 1.82) is 0 Å². The highest BCUT2D eigenvalue weighted by Gasteiger charge is 2.38. The Hall–Kier alpha value is -3.37. The van der Waals surface area contributed by atoms with Crippen molar-refractivity contribution in [3.63, 3.8) is 0 Å². The minimum atomic E-state index is -5.08. The van der Waals surface area contributed by atoms with E-state index >= 15 is 0 Å². The monoisotopic (exact) mass is 373 g/mol. The lowest BCUT2D eigenvalue weighted by atomic mass is 9.96. The minimum absolute atomic E-state index is 0.0373. The van der Waals surface area contributed by atoms with Crippen LogP contribution in [0.3, 0.4) is 0 Å². The summed E-state index contributed by atoms with van der Waals surface area (Å²) in [5, 5.41) is 16.4. The molecular weight excluding hydrogens is 359 g/mol. The molecule has 0 aliphatic heterocycles. The number of nitrogens with zero attached hydrogens (tertiary/aromatic N) is 1. The van der Waals surface area contributed by atoms with Crippen LogP contribution >= 0.6 is 0 Å². The molecule has 1 aromatic carbocycles. The number of hydrogen-bond acceptors (Lipinski definition) is 5. The number of hydrogen-bond donors (Lipinski definition) is 4. The maximum Gasteiger partial charge on any atom is 0.490 e. The van der Waals surface area contributed by atoms with Gasteiger partial charge >= 0.3 is 18.1 Å². The highest BCUT2D eigenvalue weighted by Crippen LogP contribution is 2.26. The second-order valence-electron chi connectivity index (χ2n) is 4.82. The van der Waals surface area contributed by atoms with Crippen LogP contribution in [-0.2, 0) is 11.2 Å². The molecule has 0 bridgehead atoms. The summed E-state index contributed by atoms with van der Waals surface area (Å²) in [7, 11) is 0. The number of carboxylic acids is 2. The lowest BCUT2D eigenvalue weighted by Crippen LogP contribution is -2.21. The molecule has 0 amide bonds. The maximum atomic E-state index is 11.4. The summed E-state index contributed by atoms with van der Waals surface area (Å²) < 4.78 is 31.7. The molecule has 0 atom stereocenters. The van der Waals surface area contributed by atoms with Crippen molar-refractivity contribution in [2.75, 3.05) is 5.73 Å². The van der Waals surface area contributed by atoms with E-state index in [0.717, 1.165) is 5.56 Å². The van der Waals surface area contributed by atoms with Crippen LogP contribution in [0.15, 0.2) is 29.1 Å². The van der Waals surface area contributed by atoms with Crippen LogP contribution in [-0.4, -0.2) is 38.3 Å². The molecule has 0 fully saturated rings. The van der Waals surface area contributed by atoms with Gasteiger partial charge in [-0.2, -0.15) is 13.2 Å². The van der Waals surface area contributed by atoms with E-state index in [4.69, 9.17) is 15.6 Å². The number of alkyl halides is 3. The number of nitrogens with one attached hydrogen (secondary N) is 1. The van der Waals surface area contributed by atoms with Crippen molar-refractivity contribution in [3.8, 4) is 11.3 Å². The smallest absolute Gasteiger partial charge is 0.478 e. The lowest BCUT2D eigenvalue weighted by Gasteiger charge is -2.10. The highest BCUT2D eigenvalue weighted by molar-refractivity contribution is 5.96. The van der Waals surface area contributed by atoms with Crippen molar-refractivity contribution in [2.24, 2.45) is 0 Å². The highest BCUT2D eigenvalue weighted by atomic mass is 19.4. The third-order valence-corrected chi connectivity index (χ3v) is 3.02. The molecule has 1 heterocycles. The van der Waals surface area contributed by atoms with Crippen molar-refractivity contribution >= 4 is 17.9 Å². The quantitative estimate of drug-likeness (QED) is 0.643. The van der Waals surface area contributed by atoms with Gasteiger partial charge in [-0.05, 0) is 18.1 Å². The fourth-order valence-electron chi connectivity index (χ4n) is 1.98. The van der Waals surface area contributed by atoms with E-state index in [1.54, 1.807) is 12.1 Å². The predicted octanol–water partition coefficient (Wildman–Crippen LogP) is 1.91. The number of aryl methyl sites for hydroxylation is 1. The van der Waals surface area contributed by atoms with Gasteiger partial charge in [0.05, 0.1) is 11.3 Å². The third-order valence-electron chi connectivity index (χ3n) is 3.02. The first kappa shape index (κ1) is 20.7. The topological polar surface area (TPSA) is 146 Å². The van der Waals surface area contributed by atoms with Gasteiger partial charge in [0.2, 0.25) is 5.95 Å². The zero-order valence-electron chi connectivity index (χ0n) is 13.3. The molecule has 0 radical (unpaired) electrons. The van der Waals surface area contributed by atoms with Gasteiger partial charge in [0, 0.05) is 11.6 Å². The number of carboxylic acid groups (broad SMARTS) is 2.